The molecule has 154 valence electrons. The van der Waals surface area contributed by atoms with Crippen LogP contribution in [-0.4, -0.2) is 20.9 Å². The van der Waals surface area contributed by atoms with E-state index in [1.807, 2.05) is 13.0 Å². The maximum Gasteiger partial charge on any atom is 0.273 e. The van der Waals surface area contributed by atoms with E-state index in [1.54, 1.807) is 13.0 Å². The number of aryl methyl sites for hydroxylation is 2. The van der Waals surface area contributed by atoms with Crippen LogP contribution >= 0.6 is 23.2 Å². The molecule has 0 spiro atoms. The summed E-state index contributed by atoms with van der Waals surface area (Å²) in [5, 5.41) is 11.8. The summed E-state index contributed by atoms with van der Waals surface area (Å²) >= 11 is 12.0. The number of carbonyl (C=O) groups excluding carboxylic acids is 1. The summed E-state index contributed by atoms with van der Waals surface area (Å²) in [7, 11) is 0. The summed E-state index contributed by atoms with van der Waals surface area (Å²) in [5.41, 5.74) is 1.11. The summed E-state index contributed by atoms with van der Waals surface area (Å²) in [4.78, 5) is 23.2. The number of halogens is 3. The number of nitrogens with one attached hydrogen (secondary N) is 2. The molecule has 30 heavy (non-hydrogen) atoms. The molecule has 3 aromatic rings. The van der Waals surface area contributed by atoms with Gasteiger partial charge in [0.2, 0.25) is 5.88 Å². The van der Waals surface area contributed by atoms with Crippen molar-refractivity contribution in [3.63, 3.8) is 0 Å². The number of benzene rings is 1. The van der Waals surface area contributed by atoms with Gasteiger partial charge in [-0.25, -0.2) is 14.4 Å². The quantitative estimate of drug-likeness (QED) is 0.568. The van der Waals surface area contributed by atoms with Crippen LogP contribution in [0.15, 0.2) is 24.3 Å². The predicted octanol–water partition coefficient (Wildman–Crippen LogP) is 4.72. The van der Waals surface area contributed by atoms with E-state index in [0.717, 1.165) is 0 Å². The summed E-state index contributed by atoms with van der Waals surface area (Å²) in [6.45, 7) is 3.38. The Morgan fingerprint density at radius 1 is 1.33 bits per heavy atom. The number of hydrogen-bond acceptors (Lipinski definition) is 5. The number of imidazole rings is 1. The Morgan fingerprint density at radius 3 is 2.73 bits per heavy atom. The smallest absolute Gasteiger partial charge is 0.273 e. The van der Waals surface area contributed by atoms with Crippen molar-refractivity contribution in [2.75, 3.05) is 0 Å². The van der Waals surface area contributed by atoms with Crippen LogP contribution in [0.1, 0.15) is 40.1 Å². The van der Waals surface area contributed by atoms with E-state index < -0.39 is 11.7 Å². The molecule has 1 aromatic carbocycles. The second-order valence-electron chi connectivity index (χ2n) is 6.27. The molecule has 7 nitrogen and oxygen atoms in total. The maximum atomic E-state index is 15.0. The number of pyridine rings is 1. The van der Waals surface area contributed by atoms with Crippen molar-refractivity contribution < 1.29 is 13.9 Å². The van der Waals surface area contributed by atoms with E-state index in [0.29, 0.717) is 23.5 Å². The van der Waals surface area contributed by atoms with Crippen LogP contribution in [0.5, 0.6) is 11.6 Å². The van der Waals surface area contributed by atoms with E-state index in [4.69, 9.17) is 33.2 Å². The lowest BCUT2D eigenvalue weighted by molar-refractivity contribution is 0.0946. The van der Waals surface area contributed by atoms with Crippen LogP contribution in [0.2, 0.25) is 10.2 Å². The highest BCUT2D eigenvalue weighted by Gasteiger charge is 2.19. The zero-order valence-electron chi connectivity index (χ0n) is 16.0. The number of aromatic nitrogens is 3. The highest BCUT2D eigenvalue weighted by atomic mass is 35.5. The predicted molar refractivity (Wildman–Crippen MR) is 109 cm³/mol. The Kier molecular flexibility index (Phi) is 6.55. The fourth-order valence-electron chi connectivity index (χ4n) is 2.64. The van der Waals surface area contributed by atoms with Crippen molar-refractivity contribution in [2.24, 2.45) is 0 Å². The Bertz CT molecular complexity index is 1160. The minimum absolute atomic E-state index is 0.0182. The van der Waals surface area contributed by atoms with Gasteiger partial charge in [0.25, 0.3) is 5.91 Å². The van der Waals surface area contributed by atoms with Crippen LogP contribution in [0, 0.1) is 24.1 Å². The first-order valence-corrected chi connectivity index (χ1v) is 9.64. The Morgan fingerprint density at radius 2 is 2.10 bits per heavy atom. The first kappa shape index (κ1) is 21.6. The van der Waals surface area contributed by atoms with E-state index in [9.17, 15) is 4.79 Å². The molecule has 2 heterocycles. The first-order valence-electron chi connectivity index (χ1n) is 8.88. The molecule has 0 saturated carbocycles. The second-order valence-corrected chi connectivity index (χ2v) is 7.06. The molecule has 0 unspecified atom stereocenters. The number of H-pyrrole nitrogens is 1. The zero-order valence-corrected chi connectivity index (χ0v) is 17.5. The minimum Gasteiger partial charge on any atom is -0.434 e. The molecule has 0 aliphatic heterocycles. The number of carbonyl (C=O) groups is 1. The van der Waals surface area contributed by atoms with Gasteiger partial charge in [0.05, 0.1) is 16.7 Å². The Hall–Kier alpha value is -3.15. The normalized spacial score (nSPS) is 10.5. The lowest BCUT2D eigenvalue weighted by Crippen LogP contribution is -2.24. The number of nitriles is 1. The summed E-state index contributed by atoms with van der Waals surface area (Å²) in [5.74, 6) is -1.03. The maximum absolute atomic E-state index is 15.0. The highest BCUT2D eigenvalue weighted by molar-refractivity contribution is 6.32. The number of amides is 1. The average molecular weight is 448 g/mol. The Labute approximate surface area is 181 Å². The van der Waals surface area contributed by atoms with Gasteiger partial charge in [0.15, 0.2) is 17.3 Å². The number of hydrogen-bond donors (Lipinski definition) is 2. The zero-order chi connectivity index (χ0) is 21.8. The second kappa shape index (κ2) is 9.11. The average Bonchev–Trinajstić information content (AvgIpc) is 3.08. The Balaban J connectivity index is 1.83. The summed E-state index contributed by atoms with van der Waals surface area (Å²) in [6.07, 6.45) is 0.573. The van der Waals surface area contributed by atoms with Gasteiger partial charge in [-0.2, -0.15) is 5.26 Å². The van der Waals surface area contributed by atoms with Crippen molar-refractivity contribution >= 4 is 29.1 Å². The standard InChI is InChI=1S/C20H16Cl2FN5O2/c1-3-13-6-11(8-24)7-15(28-13)30-18-14(21)5-4-12(16(18)23)9-25-20(29)17-19(22)27-10(2)26-17/h4-7H,3,9H2,1-2H3,(H,25,29)(H,26,27). The third kappa shape index (κ3) is 4.70. The van der Waals surface area contributed by atoms with Gasteiger partial charge in [0, 0.05) is 23.9 Å². The van der Waals surface area contributed by atoms with Gasteiger partial charge >= 0.3 is 0 Å². The third-order valence-electron chi connectivity index (χ3n) is 4.11. The van der Waals surface area contributed by atoms with Crippen molar-refractivity contribution in [1.82, 2.24) is 20.3 Å². The van der Waals surface area contributed by atoms with Gasteiger partial charge in [0.1, 0.15) is 11.0 Å². The van der Waals surface area contributed by atoms with Crippen molar-refractivity contribution in [3.8, 4) is 17.7 Å². The topological polar surface area (TPSA) is 104 Å². The SMILES string of the molecule is CCc1cc(C#N)cc(Oc2c(Cl)ccc(CNC(=O)c3nc(C)[nH]c3Cl)c2F)n1. The molecule has 0 aliphatic rings. The van der Waals surface area contributed by atoms with Crippen molar-refractivity contribution in [1.29, 1.82) is 5.26 Å². The number of aromatic amines is 1. The van der Waals surface area contributed by atoms with Gasteiger partial charge in [-0.1, -0.05) is 36.2 Å². The van der Waals surface area contributed by atoms with Crippen LogP contribution < -0.4 is 10.1 Å². The molecule has 2 aromatic heterocycles. The molecule has 0 radical (unpaired) electrons. The van der Waals surface area contributed by atoms with E-state index in [-0.39, 0.29) is 39.6 Å². The molecule has 0 fully saturated rings. The lowest BCUT2D eigenvalue weighted by atomic mass is 10.2. The number of nitrogens with zero attached hydrogens (tertiary/aromatic N) is 3. The van der Waals surface area contributed by atoms with E-state index in [1.165, 1.54) is 18.2 Å². The largest absolute Gasteiger partial charge is 0.434 e. The molecule has 0 saturated heterocycles. The van der Waals surface area contributed by atoms with Crippen molar-refractivity contribution in [3.05, 3.63) is 68.6 Å². The lowest BCUT2D eigenvalue weighted by Gasteiger charge is -2.12. The molecule has 1 amide bonds. The van der Waals surface area contributed by atoms with Crippen LogP contribution in [0.25, 0.3) is 0 Å². The molecule has 2 N–H and O–H groups in total. The number of rotatable bonds is 6. The van der Waals surface area contributed by atoms with E-state index in [2.05, 4.69) is 20.3 Å². The highest BCUT2D eigenvalue weighted by Crippen LogP contribution is 2.33. The van der Waals surface area contributed by atoms with E-state index >= 15 is 4.39 Å². The summed E-state index contributed by atoms with van der Waals surface area (Å²) in [6, 6.07) is 7.90. The van der Waals surface area contributed by atoms with Gasteiger partial charge < -0.3 is 15.0 Å². The number of ether oxygens (including phenoxy) is 1. The molecular formula is C20H16Cl2FN5O2. The van der Waals surface area contributed by atoms with Crippen LogP contribution in [0.3, 0.4) is 0 Å². The fraction of sp³-hybridized carbons (Fsp3) is 0.200. The fourth-order valence-corrected chi connectivity index (χ4v) is 3.09. The molecular weight excluding hydrogens is 432 g/mol. The van der Waals surface area contributed by atoms with Gasteiger partial charge in [-0.05, 0) is 25.5 Å². The molecule has 0 bridgehead atoms. The molecule has 0 atom stereocenters. The first-order chi connectivity index (χ1) is 14.3. The molecule has 0 aliphatic carbocycles. The monoisotopic (exact) mass is 447 g/mol. The minimum atomic E-state index is -0.755. The summed E-state index contributed by atoms with van der Waals surface area (Å²) < 4.78 is 20.6. The third-order valence-corrected chi connectivity index (χ3v) is 4.69. The molecule has 10 heteroatoms. The van der Waals surface area contributed by atoms with Crippen LogP contribution in [0.4, 0.5) is 4.39 Å². The molecule has 3 rings (SSSR count). The van der Waals surface area contributed by atoms with Crippen LogP contribution in [-0.2, 0) is 13.0 Å². The van der Waals surface area contributed by atoms with Gasteiger partial charge in [-0.15, -0.1) is 0 Å². The van der Waals surface area contributed by atoms with Gasteiger partial charge in [-0.3, -0.25) is 4.79 Å². The van der Waals surface area contributed by atoms with Crippen molar-refractivity contribution in [2.45, 2.75) is 26.8 Å².